The molecule has 2 aromatic carbocycles. The monoisotopic (exact) mass is 341 g/mol. The Bertz CT molecular complexity index is 751. The lowest BCUT2D eigenvalue weighted by atomic mass is 10.0. The van der Waals surface area contributed by atoms with E-state index in [1.807, 2.05) is 24.3 Å². The first kappa shape index (κ1) is 18.5. The van der Waals surface area contributed by atoms with Crippen LogP contribution in [-0.2, 0) is 4.79 Å². The second-order valence-electron chi connectivity index (χ2n) is 5.98. The van der Waals surface area contributed by atoms with Crippen molar-refractivity contribution in [3.05, 3.63) is 53.6 Å². The molecule has 5 nitrogen and oxygen atoms in total. The van der Waals surface area contributed by atoms with E-state index in [2.05, 4.69) is 18.8 Å². The van der Waals surface area contributed by atoms with Gasteiger partial charge in [-0.2, -0.15) is 0 Å². The molecule has 0 amide bonds. The van der Waals surface area contributed by atoms with Crippen molar-refractivity contribution in [2.24, 2.45) is 4.99 Å². The lowest BCUT2D eigenvalue weighted by Gasteiger charge is -2.15. The molecule has 0 aliphatic heterocycles. The Kier molecular flexibility index (Phi) is 6.17. The number of carboxylic acid groups (broad SMARTS) is 1. The number of nitrogens with zero attached hydrogens (tertiary/aromatic N) is 1. The van der Waals surface area contributed by atoms with Crippen LogP contribution in [0.15, 0.2) is 47.5 Å². The van der Waals surface area contributed by atoms with Crippen molar-refractivity contribution in [2.45, 2.75) is 32.8 Å². The van der Waals surface area contributed by atoms with Crippen molar-refractivity contribution >= 4 is 17.9 Å². The molecule has 0 aliphatic rings. The maximum atomic E-state index is 11.1. The number of rotatable bonds is 7. The Morgan fingerprint density at radius 3 is 2.36 bits per heavy atom. The van der Waals surface area contributed by atoms with Gasteiger partial charge in [0.15, 0.2) is 17.6 Å². The number of para-hydroxylation sites is 1. The summed E-state index contributed by atoms with van der Waals surface area (Å²) in [4.78, 5) is 15.5. The van der Waals surface area contributed by atoms with E-state index in [9.17, 15) is 4.79 Å². The molecule has 1 atom stereocenters. The molecular weight excluding hydrogens is 318 g/mol. The predicted octanol–water partition coefficient (Wildman–Crippen LogP) is 4.42. The average Bonchev–Trinajstić information content (AvgIpc) is 2.60. The number of carbonyl (C=O) groups is 1. The number of benzene rings is 2. The Balaban J connectivity index is 2.30. The molecule has 0 aliphatic carbocycles. The van der Waals surface area contributed by atoms with E-state index in [0.717, 1.165) is 5.69 Å². The molecule has 2 rings (SSSR count). The van der Waals surface area contributed by atoms with Gasteiger partial charge < -0.3 is 14.6 Å². The van der Waals surface area contributed by atoms with Crippen LogP contribution >= 0.6 is 0 Å². The highest BCUT2D eigenvalue weighted by Crippen LogP contribution is 2.31. The summed E-state index contributed by atoms with van der Waals surface area (Å²) in [6, 6.07) is 13.3. The van der Waals surface area contributed by atoms with Crippen molar-refractivity contribution in [1.82, 2.24) is 0 Å². The highest BCUT2D eigenvalue weighted by atomic mass is 16.5. The number of aliphatic carboxylic acids is 1. The summed E-state index contributed by atoms with van der Waals surface area (Å²) in [5.41, 5.74) is 2.71. The molecule has 0 unspecified atom stereocenters. The van der Waals surface area contributed by atoms with Gasteiger partial charge in [0, 0.05) is 11.8 Å². The third-order valence-corrected chi connectivity index (χ3v) is 3.78. The van der Waals surface area contributed by atoms with Gasteiger partial charge in [-0.15, -0.1) is 0 Å². The van der Waals surface area contributed by atoms with E-state index in [1.165, 1.54) is 19.6 Å². The summed E-state index contributed by atoms with van der Waals surface area (Å²) in [5, 5.41) is 9.08. The van der Waals surface area contributed by atoms with E-state index in [0.29, 0.717) is 23.0 Å². The van der Waals surface area contributed by atoms with Gasteiger partial charge in [-0.3, -0.25) is 4.99 Å². The SMILES string of the molecule is COc1cccc(C=Nc2ccc(C(C)C)cc2)c1O[C@H](C)C(=O)O. The topological polar surface area (TPSA) is 68.1 Å². The Labute approximate surface area is 147 Å². The minimum atomic E-state index is -1.04. The third kappa shape index (κ3) is 4.83. The van der Waals surface area contributed by atoms with Gasteiger partial charge >= 0.3 is 5.97 Å². The van der Waals surface area contributed by atoms with Crippen molar-refractivity contribution in [2.75, 3.05) is 7.11 Å². The summed E-state index contributed by atoms with van der Waals surface area (Å²) >= 11 is 0. The summed E-state index contributed by atoms with van der Waals surface area (Å²) in [6.07, 6.45) is 0.658. The Morgan fingerprint density at radius 2 is 1.80 bits per heavy atom. The van der Waals surface area contributed by atoms with Gasteiger partial charge in [-0.05, 0) is 42.7 Å². The van der Waals surface area contributed by atoms with Crippen molar-refractivity contribution in [3.63, 3.8) is 0 Å². The number of hydrogen-bond acceptors (Lipinski definition) is 4. The minimum Gasteiger partial charge on any atom is -0.493 e. The van der Waals surface area contributed by atoms with Crippen LogP contribution in [0.25, 0.3) is 0 Å². The molecule has 0 heterocycles. The molecule has 1 N–H and O–H groups in total. The molecular formula is C20H23NO4. The molecule has 0 aromatic heterocycles. The highest BCUT2D eigenvalue weighted by Gasteiger charge is 2.17. The van der Waals surface area contributed by atoms with Crippen molar-refractivity contribution in [3.8, 4) is 11.5 Å². The molecule has 0 saturated carbocycles. The van der Waals surface area contributed by atoms with Gasteiger partial charge in [0.2, 0.25) is 0 Å². The fourth-order valence-electron chi connectivity index (χ4n) is 2.24. The molecule has 0 bridgehead atoms. The molecule has 132 valence electrons. The molecule has 25 heavy (non-hydrogen) atoms. The zero-order chi connectivity index (χ0) is 18.4. The second kappa shape index (κ2) is 8.33. The van der Waals surface area contributed by atoms with Gasteiger partial charge in [0.25, 0.3) is 0 Å². The quantitative estimate of drug-likeness (QED) is 0.757. The molecule has 5 heteroatoms. The fourth-order valence-corrected chi connectivity index (χ4v) is 2.24. The van der Waals surface area contributed by atoms with Crippen LogP contribution in [0.3, 0.4) is 0 Å². The van der Waals surface area contributed by atoms with Crippen LogP contribution in [0.5, 0.6) is 11.5 Å². The van der Waals surface area contributed by atoms with E-state index >= 15 is 0 Å². The van der Waals surface area contributed by atoms with Crippen LogP contribution in [-0.4, -0.2) is 30.5 Å². The smallest absolute Gasteiger partial charge is 0.344 e. The largest absolute Gasteiger partial charge is 0.493 e. The van der Waals surface area contributed by atoms with Gasteiger partial charge in [0.1, 0.15) is 0 Å². The normalized spacial score (nSPS) is 12.4. The van der Waals surface area contributed by atoms with Gasteiger partial charge in [0.05, 0.1) is 12.8 Å². The number of aliphatic imine (C=N–C) groups is 1. The summed E-state index contributed by atoms with van der Waals surface area (Å²) in [6.45, 7) is 5.75. The fraction of sp³-hybridized carbons (Fsp3) is 0.300. The maximum Gasteiger partial charge on any atom is 0.344 e. The predicted molar refractivity (Wildman–Crippen MR) is 98.5 cm³/mol. The standard InChI is InChI=1S/C20H23NO4/c1-13(2)15-8-10-17(11-9-15)21-12-16-6-5-7-18(24-4)19(16)25-14(3)20(22)23/h5-14H,1-4H3,(H,22,23)/t14-/m1/s1. The van der Waals surface area contributed by atoms with E-state index < -0.39 is 12.1 Å². The Hall–Kier alpha value is -2.82. The summed E-state index contributed by atoms with van der Waals surface area (Å²) < 4.78 is 10.8. The van der Waals surface area contributed by atoms with Crippen molar-refractivity contribution in [1.29, 1.82) is 0 Å². The van der Waals surface area contributed by atoms with Crippen LogP contribution in [0, 0.1) is 0 Å². The Morgan fingerprint density at radius 1 is 1.12 bits per heavy atom. The molecule has 0 spiro atoms. The van der Waals surface area contributed by atoms with E-state index in [-0.39, 0.29) is 0 Å². The van der Waals surface area contributed by atoms with Crippen LogP contribution < -0.4 is 9.47 Å². The van der Waals surface area contributed by atoms with E-state index in [4.69, 9.17) is 14.6 Å². The number of carboxylic acids is 1. The number of ether oxygens (including phenoxy) is 2. The van der Waals surface area contributed by atoms with Gasteiger partial charge in [-0.25, -0.2) is 4.79 Å². The van der Waals surface area contributed by atoms with Gasteiger partial charge in [-0.1, -0.05) is 32.0 Å². The molecule has 0 fully saturated rings. The maximum absolute atomic E-state index is 11.1. The third-order valence-electron chi connectivity index (χ3n) is 3.78. The first-order chi connectivity index (χ1) is 11.9. The first-order valence-corrected chi connectivity index (χ1v) is 8.13. The summed E-state index contributed by atoms with van der Waals surface area (Å²) in [7, 11) is 1.51. The lowest BCUT2D eigenvalue weighted by molar-refractivity contribution is -0.144. The van der Waals surface area contributed by atoms with Crippen LogP contribution in [0.1, 0.15) is 37.8 Å². The average molecular weight is 341 g/mol. The second-order valence-corrected chi connectivity index (χ2v) is 5.98. The number of hydrogen-bond donors (Lipinski definition) is 1. The van der Waals surface area contributed by atoms with Crippen LogP contribution in [0.4, 0.5) is 5.69 Å². The zero-order valence-corrected chi connectivity index (χ0v) is 14.9. The van der Waals surface area contributed by atoms with Crippen LogP contribution in [0.2, 0.25) is 0 Å². The number of methoxy groups -OCH3 is 1. The van der Waals surface area contributed by atoms with E-state index in [1.54, 1.807) is 24.4 Å². The minimum absolute atomic E-state index is 0.363. The molecule has 0 radical (unpaired) electrons. The zero-order valence-electron chi connectivity index (χ0n) is 14.9. The highest BCUT2D eigenvalue weighted by molar-refractivity contribution is 5.87. The lowest BCUT2D eigenvalue weighted by Crippen LogP contribution is -2.23. The first-order valence-electron chi connectivity index (χ1n) is 8.13. The molecule has 2 aromatic rings. The van der Waals surface area contributed by atoms with Crippen molar-refractivity contribution < 1.29 is 19.4 Å². The summed E-state index contributed by atoms with van der Waals surface area (Å²) in [5.74, 6) is 0.252. The molecule has 0 saturated heterocycles.